The molecule has 0 unspecified atom stereocenters. The van der Waals surface area contributed by atoms with E-state index in [0.717, 1.165) is 5.82 Å². The first-order chi connectivity index (χ1) is 8.54. The van der Waals surface area contributed by atoms with E-state index in [1.165, 1.54) is 0 Å². The summed E-state index contributed by atoms with van der Waals surface area (Å²) < 4.78 is 0. The van der Waals surface area contributed by atoms with Crippen LogP contribution in [0.1, 0.15) is 13.8 Å². The number of carbonyl (C=O) groups is 1. The minimum absolute atomic E-state index is 0.0535. The number of nitrogens with two attached hydrogens (primary N) is 1. The molecular weight excluding hydrogens is 228 g/mol. The minimum Gasteiger partial charge on any atom is -0.397 e. The molecule has 0 aliphatic carbocycles. The van der Waals surface area contributed by atoms with E-state index in [-0.39, 0.29) is 18.5 Å². The van der Waals surface area contributed by atoms with Gasteiger partial charge in [0.15, 0.2) is 0 Å². The molecule has 1 rings (SSSR count). The second-order valence-electron chi connectivity index (χ2n) is 4.26. The van der Waals surface area contributed by atoms with Gasteiger partial charge in [-0.2, -0.15) is 0 Å². The van der Waals surface area contributed by atoms with Crippen LogP contribution in [0.5, 0.6) is 0 Å². The fourth-order valence-corrected chi connectivity index (χ4v) is 1.49. The number of pyridine rings is 1. The van der Waals surface area contributed by atoms with Crippen LogP contribution >= 0.6 is 0 Å². The van der Waals surface area contributed by atoms with Crippen molar-refractivity contribution in [3.05, 3.63) is 31.0 Å². The SMILES string of the molecule is C=CCNC(=O)CN(c1ccc(N)cn1)C(C)C. The standard InChI is InChI=1S/C13H20N4O/c1-4-7-15-13(18)9-17(10(2)3)12-6-5-11(14)8-16-12/h4-6,8,10H,1,7,9,14H2,2-3H3,(H,15,18). The molecule has 5 nitrogen and oxygen atoms in total. The van der Waals surface area contributed by atoms with Gasteiger partial charge in [-0.25, -0.2) is 4.98 Å². The number of amides is 1. The number of hydrogen-bond donors (Lipinski definition) is 2. The largest absolute Gasteiger partial charge is 0.397 e. The van der Waals surface area contributed by atoms with Crippen molar-refractivity contribution in [2.45, 2.75) is 19.9 Å². The zero-order valence-corrected chi connectivity index (χ0v) is 10.9. The zero-order valence-electron chi connectivity index (χ0n) is 10.9. The van der Waals surface area contributed by atoms with Gasteiger partial charge in [0.05, 0.1) is 18.4 Å². The molecule has 0 aromatic carbocycles. The molecule has 0 atom stereocenters. The highest BCUT2D eigenvalue weighted by Crippen LogP contribution is 2.14. The average molecular weight is 248 g/mol. The average Bonchev–Trinajstić information content (AvgIpc) is 2.34. The lowest BCUT2D eigenvalue weighted by atomic mass is 10.3. The monoisotopic (exact) mass is 248 g/mol. The third-order valence-corrected chi connectivity index (χ3v) is 2.45. The molecule has 1 heterocycles. The molecule has 1 aromatic heterocycles. The predicted molar refractivity (Wildman–Crippen MR) is 74.3 cm³/mol. The molecule has 0 radical (unpaired) electrons. The molecule has 3 N–H and O–H groups in total. The van der Waals surface area contributed by atoms with Gasteiger partial charge in [0.2, 0.25) is 5.91 Å². The Hall–Kier alpha value is -2.04. The Balaban J connectivity index is 2.74. The molecule has 5 heteroatoms. The highest BCUT2D eigenvalue weighted by Gasteiger charge is 2.15. The van der Waals surface area contributed by atoms with Crippen LogP contribution in [0, 0.1) is 0 Å². The summed E-state index contributed by atoms with van der Waals surface area (Å²) in [5, 5.41) is 2.75. The van der Waals surface area contributed by atoms with Gasteiger partial charge >= 0.3 is 0 Å². The first-order valence-electron chi connectivity index (χ1n) is 5.90. The number of nitrogens with one attached hydrogen (secondary N) is 1. The third kappa shape index (κ3) is 4.08. The molecule has 0 aliphatic rings. The van der Waals surface area contributed by atoms with Crippen molar-refractivity contribution >= 4 is 17.4 Å². The summed E-state index contributed by atoms with van der Waals surface area (Å²) in [6.07, 6.45) is 3.24. The zero-order chi connectivity index (χ0) is 13.5. The molecule has 0 bridgehead atoms. The van der Waals surface area contributed by atoms with E-state index in [0.29, 0.717) is 12.2 Å². The van der Waals surface area contributed by atoms with Crippen molar-refractivity contribution in [3.8, 4) is 0 Å². The highest BCUT2D eigenvalue weighted by atomic mass is 16.2. The fraction of sp³-hybridized carbons (Fsp3) is 0.385. The van der Waals surface area contributed by atoms with Crippen LogP contribution in [0.4, 0.5) is 11.5 Å². The van der Waals surface area contributed by atoms with Crippen LogP contribution in [0.15, 0.2) is 31.0 Å². The highest BCUT2D eigenvalue weighted by molar-refractivity contribution is 5.81. The van der Waals surface area contributed by atoms with Gasteiger partial charge in [-0.15, -0.1) is 6.58 Å². The fourth-order valence-electron chi connectivity index (χ4n) is 1.49. The lowest BCUT2D eigenvalue weighted by Crippen LogP contribution is -2.41. The first-order valence-corrected chi connectivity index (χ1v) is 5.90. The molecule has 0 saturated heterocycles. The Morgan fingerprint density at radius 3 is 2.83 bits per heavy atom. The maximum absolute atomic E-state index is 11.7. The summed E-state index contributed by atoms with van der Waals surface area (Å²) in [6, 6.07) is 3.77. The van der Waals surface area contributed by atoms with E-state index >= 15 is 0 Å². The summed E-state index contributed by atoms with van der Waals surface area (Å²) in [5.74, 6) is 0.690. The van der Waals surface area contributed by atoms with E-state index in [9.17, 15) is 4.79 Å². The molecular formula is C13H20N4O. The third-order valence-electron chi connectivity index (χ3n) is 2.45. The van der Waals surface area contributed by atoms with E-state index in [4.69, 9.17) is 5.73 Å². The molecule has 98 valence electrons. The van der Waals surface area contributed by atoms with Gasteiger partial charge in [0.1, 0.15) is 5.82 Å². The lowest BCUT2D eigenvalue weighted by Gasteiger charge is -2.27. The molecule has 18 heavy (non-hydrogen) atoms. The number of nitrogens with zero attached hydrogens (tertiary/aromatic N) is 2. The van der Waals surface area contributed by atoms with Gasteiger partial charge in [0.25, 0.3) is 0 Å². The quantitative estimate of drug-likeness (QED) is 0.742. The molecule has 0 fully saturated rings. The number of rotatable bonds is 6. The van der Waals surface area contributed by atoms with Gasteiger partial charge in [-0.1, -0.05) is 6.08 Å². The molecule has 0 saturated carbocycles. The van der Waals surface area contributed by atoms with Crippen LogP contribution in [0.2, 0.25) is 0 Å². The first kappa shape index (κ1) is 14.0. The van der Waals surface area contributed by atoms with Crippen molar-refractivity contribution in [3.63, 3.8) is 0 Å². The van der Waals surface area contributed by atoms with Crippen molar-refractivity contribution in [2.75, 3.05) is 23.7 Å². The predicted octanol–water partition coefficient (Wildman–Crippen LogP) is 1.18. The van der Waals surface area contributed by atoms with Crippen molar-refractivity contribution in [2.24, 2.45) is 0 Å². The number of carbonyl (C=O) groups excluding carboxylic acids is 1. The second kappa shape index (κ2) is 6.64. The summed E-state index contributed by atoms with van der Waals surface area (Å²) in [7, 11) is 0. The van der Waals surface area contributed by atoms with Gasteiger partial charge in [0, 0.05) is 12.6 Å². The molecule has 1 amide bonds. The topological polar surface area (TPSA) is 71.2 Å². The minimum atomic E-state index is -0.0535. The molecule has 0 spiro atoms. The Morgan fingerprint density at radius 1 is 1.61 bits per heavy atom. The summed E-state index contributed by atoms with van der Waals surface area (Å²) in [4.78, 5) is 17.9. The number of aromatic nitrogens is 1. The van der Waals surface area contributed by atoms with Gasteiger partial charge in [-0.05, 0) is 26.0 Å². The Labute approximate surface area is 108 Å². The second-order valence-corrected chi connectivity index (χ2v) is 4.26. The van der Waals surface area contributed by atoms with E-state index < -0.39 is 0 Å². The van der Waals surface area contributed by atoms with Crippen molar-refractivity contribution < 1.29 is 4.79 Å². The van der Waals surface area contributed by atoms with Crippen LogP contribution in [-0.4, -0.2) is 30.0 Å². The number of nitrogen functional groups attached to an aromatic ring is 1. The van der Waals surface area contributed by atoms with Gasteiger partial charge < -0.3 is 16.0 Å². The summed E-state index contributed by atoms with van der Waals surface area (Å²) in [6.45, 7) is 8.32. The van der Waals surface area contributed by atoms with Crippen LogP contribution in [0.3, 0.4) is 0 Å². The lowest BCUT2D eigenvalue weighted by molar-refractivity contribution is -0.119. The summed E-state index contributed by atoms with van der Waals surface area (Å²) >= 11 is 0. The number of hydrogen-bond acceptors (Lipinski definition) is 4. The van der Waals surface area contributed by atoms with Crippen LogP contribution in [0.25, 0.3) is 0 Å². The van der Waals surface area contributed by atoms with Crippen LogP contribution in [-0.2, 0) is 4.79 Å². The molecule has 1 aromatic rings. The van der Waals surface area contributed by atoms with Crippen molar-refractivity contribution in [1.82, 2.24) is 10.3 Å². The van der Waals surface area contributed by atoms with E-state index in [1.807, 2.05) is 24.8 Å². The normalized spacial score (nSPS) is 10.2. The summed E-state index contributed by atoms with van der Waals surface area (Å²) in [5.41, 5.74) is 6.21. The van der Waals surface area contributed by atoms with Crippen LogP contribution < -0.4 is 16.0 Å². The molecule has 0 aliphatic heterocycles. The Kier molecular flexibility index (Phi) is 5.17. The van der Waals surface area contributed by atoms with E-state index in [1.54, 1.807) is 18.3 Å². The smallest absolute Gasteiger partial charge is 0.239 e. The van der Waals surface area contributed by atoms with Gasteiger partial charge in [-0.3, -0.25) is 4.79 Å². The van der Waals surface area contributed by atoms with E-state index in [2.05, 4.69) is 16.9 Å². The number of anilines is 2. The maximum Gasteiger partial charge on any atom is 0.239 e. The Morgan fingerprint density at radius 2 is 2.33 bits per heavy atom. The maximum atomic E-state index is 11.7. The van der Waals surface area contributed by atoms with Crippen molar-refractivity contribution in [1.29, 1.82) is 0 Å². The Bertz CT molecular complexity index is 400.